The highest BCUT2D eigenvalue weighted by atomic mass is 35.5. The summed E-state index contributed by atoms with van der Waals surface area (Å²) in [6.07, 6.45) is -0.383. The quantitative estimate of drug-likeness (QED) is 0.176. The van der Waals surface area contributed by atoms with Crippen molar-refractivity contribution in [2.45, 2.75) is 24.8 Å². The third-order valence-electron chi connectivity index (χ3n) is 7.68. The average molecular weight is 600 g/mol. The normalized spacial score (nSPS) is 17.2. The van der Waals surface area contributed by atoms with Crippen LogP contribution in [-0.4, -0.2) is 41.1 Å². The fourth-order valence-electron chi connectivity index (χ4n) is 5.67. The number of ether oxygens (including phenoxy) is 2. The van der Waals surface area contributed by atoms with Crippen LogP contribution in [0.1, 0.15) is 61.5 Å². The Morgan fingerprint density at radius 3 is 2.19 bits per heavy atom. The number of anilines is 1. The number of carboxylic acids is 2. The highest BCUT2D eigenvalue weighted by Crippen LogP contribution is 2.56. The van der Waals surface area contributed by atoms with Gasteiger partial charge in [0.15, 0.2) is 0 Å². The molecule has 2 N–H and O–H groups in total. The Balaban J connectivity index is 1.72. The Kier molecular flexibility index (Phi) is 7.93. The largest absolute Gasteiger partial charge is 0.497 e. The second-order valence-electron chi connectivity index (χ2n) is 10.1. The number of carboxylic acid groups (broad SMARTS) is 2. The number of para-hydroxylation sites is 1. The van der Waals surface area contributed by atoms with Crippen LogP contribution in [0.25, 0.3) is 0 Å². The Hall–Kier alpha value is -5.15. The minimum absolute atomic E-state index is 0.0363. The van der Waals surface area contributed by atoms with Crippen molar-refractivity contribution in [3.63, 3.8) is 0 Å². The van der Waals surface area contributed by atoms with E-state index in [1.165, 1.54) is 36.3 Å². The molecule has 10 heteroatoms. The van der Waals surface area contributed by atoms with E-state index in [4.69, 9.17) is 21.1 Å². The maximum atomic E-state index is 14.3. The van der Waals surface area contributed by atoms with Gasteiger partial charge in [-0.15, -0.1) is 0 Å². The van der Waals surface area contributed by atoms with Crippen LogP contribution in [0, 0.1) is 0 Å². The van der Waals surface area contributed by atoms with Crippen molar-refractivity contribution in [2.75, 3.05) is 12.0 Å². The zero-order valence-corrected chi connectivity index (χ0v) is 23.9. The fourth-order valence-corrected chi connectivity index (χ4v) is 5.80. The molecule has 9 nitrogen and oxygen atoms in total. The number of carbonyl (C=O) groups excluding carboxylic acids is 2. The monoisotopic (exact) mass is 599 g/mol. The lowest BCUT2D eigenvalue weighted by Gasteiger charge is -2.41. The van der Waals surface area contributed by atoms with Crippen molar-refractivity contribution >= 4 is 41.1 Å². The minimum atomic E-state index is -1.42. The summed E-state index contributed by atoms with van der Waals surface area (Å²) < 4.78 is 11.0. The number of halogens is 1. The number of carbonyl (C=O) groups is 4. The van der Waals surface area contributed by atoms with Gasteiger partial charge in [0.05, 0.1) is 24.6 Å². The Morgan fingerprint density at radius 2 is 1.53 bits per heavy atom. The Morgan fingerprint density at radius 1 is 0.884 bits per heavy atom. The minimum Gasteiger partial charge on any atom is -0.497 e. The third-order valence-corrected chi connectivity index (χ3v) is 7.93. The number of rotatable bonds is 8. The Bertz CT molecular complexity index is 1750. The van der Waals surface area contributed by atoms with E-state index in [1.807, 2.05) is 0 Å². The first kappa shape index (κ1) is 29.3. The molecule has 0 aromatic heterocycles. The molecule has 4 aromatic rings. The number of esters is 1. The number of nitrogens with zero attached hydrogens (tertiary/aromatic N) is 1. The summed E-state index contributed by atoms with van der Waals surface area (Å²) in [6.45, 7) is 1.71. The lowest BCUT2D eigenvalue weighted by Crippen LogP contribution is -2.48. The first-order valence-electron chi connectivity index (χ1n) is 13.2. The number of fused-ring (bicyclic) bond motifs is 1. The van der Waals surface area contributed by atoms with Crippen LogP contribution in [0.2, 0.25) is 5.02 Å². The number of benzene rings is 4. The van der Waals surface area contributed by atoms with E-state index in [9.17, 15) is 29.4 Å². The summed E-state index contributed by atoms with van der Waals surface area (Å²) in [5, 5.41) is 20.1. The molecule has 0 aliphatic carbocycles. The van der Waals surface area contributed by atoms with Gasteiger partial charge in [-0.3, -0.25) is 14.5 Å². The smallest absolute Gasteiger partial charge is 0.343 e. The van der Waals surface area contributed by atoms with Gasteiger partial charge >= 0.3 is 17.9 Å². The molecule has 218 valence electrons. The maximum absolute atomic E-state index is 14.3. The van der Waals surface area contributed by atoms with E-state index in [2.05, 4.69) is 0 Å². The van der Waals surface area contributed by atoms with Crippen molar-refractivity contribution in [1.29, 1.82) is 0 Å². The average Bonchev–Trinajstić information content (AvgIpc) is 3.24. The molecule has 2 atom stereocenters. The van der Waals surface area contributed by atoms with Crippen LogP contribution in [0.5, 0.6) is 11.5 Å². The van der Waals surface area contributed by atoms with Gasteiger partial charge in [-0.1, -0.05) is 41.9 Å². The fraction of sp³-hybridized carbons (Fsp3) is 0.152. The highest BCUT2D eigenvalue weighted by molar-refractivity contribution is 6.30. The molecule has 0 radical (unpaired) electrons. The van der Waals surface area contributed by atoms with E-state index in [-0.39, 0.29) is 23.3 Å². The second kappa shape index (κ2) is 11.6. The van der Waals surface area contributed by atoms with Crippen molar-refractivity contribution < 1.29 is 38.9 Å². The SMILES string of the molecule is COc1ccc2c(c1)C(CC(=O)O)C(C)(c1ccccc1C(=O)Oc1ccccc1C(=O)O)N2C(=O)c1ccc(Cl)cc1. The van der Waals surface area contributed by atoms with Crippen LogP contribution in [0.4, 0.5) is 5.69 Å². The lowest BCUT2D eigenvalue weighted by atomic mass is 9.74. The molecule has 43 heavy (non-hydrogen) atoms. The summed E-state index contributed by atoms with van der Waals surface area (Å²) in [6, 6.07) is 23.5. The van der Waals surface area contributed by atoms with E-state index in [0.29, 0.717) is 33.1 Å². The van der Waals surface area contributed by atoms with E-state index >= 15 is 0 Å². The van der Waals surface area contributed by atoms with E-state index in [1.54, 1.807) is 73.7 Å². The van der Waals surface area contributed by atoms with Gasteiger partial charge in [0.1, 0.15) is 17.1 Å². The molecule has 0 bridgehead atoms. The first-order chi connectivity index (χ1) is 20.6. The summed E-state index contributed by atoms with van der Waals surface area (Å²) in [5.41, 5.74) is 0.0174. The van der Waals surface area contributed by atoms with Crippen molar-refractivity contribution in [2.24, 2.45) is 0 Å². The van der Waals surface area contributed by atoms with Crippen LogP contribution in [-0.2, 0) is 10.3 Å². The van der Waals surface area contributed by atoms with E-state index < -0.39 is 35.3 Å². The topological polar surface area (TPSA) is 130 Å². The van der Waals surface area contributed by atoms with Gasteiger partial charge in [-0.25, -0.2) is 9.59 Å². The molecule has 0 spiro atoms. The molecule has 1 aliphatic rings. The van der Waals surface area contributed by atoms with Gasteiger partial charge in [-0.2, -0.15) is 0 Å². The van der Waals surface area contributed by atoms with Crippen LogP contribution < -0.4 is 14.4 Å². The van der Waals surface area contributed by atoms with Crippen molar-refractivity contribution in [1.82, 2.24) is 0 Å². The predicted octanol–water partition coefficient (Wildman–Crippen LogP) is 6.40. The van der Waals surface area contributed by atoms with Gasteiger partial charge in [-0.05, 0) is 78.7 Å². The molecule has 4 aromatic carbocycles. The number of aliphatic carboxylic acids is 1. The van der Waals surface area contributed by atoms with Crippen molar-refractivity contribution in [3.8, 4) is 11.5 Å². The van der Waals surface area contributed by atoms with Crippen LogP contribution in [0.3, 0.4) is 0 Å². The Labute approximate surface area is 251 Å². The summed E-state index contributed by atoms with van der Waals surface area (Å²) in [7, 11) is 1.49. The zero-order chi connectivity index (χ0) is 30.9. The molecule has 5 rings (SSSR count). The van der Waals surface area contributed by atoms with Crippen LogP contribution >= 0.6 is 11.6 Å². The number of methoxy groups -OCH3 is 1. The molecule has 1 aliphatic heterocycles. The molecule has 1 heterocycles. The summed E-state index contributed by atoms with van der Waals surface area (Å²) >= 11 is 6.08. The molecule has 0 saturated heterocycles. The molecular weight excluding hydrogens is 574 g/mol. The van der Waals surface area contributed by atoms with Crippen LogP contribution in [0.15, 0.2) is 91.0 Å². The third kappa shape index (κ3) is 5.30. The van der Waals surface area contributed by atoms with Gasteiger partial charge in [0, 0.05) is 22.2 Å². The highest BCUT2D eigenvalue weighted by Gasteiger charge is 2.54. The first-order valence-corrected chi connectivity index (χ1v) is 13.6. The number of amides is 1. The van der Waals surface area contributed by atoms with Crippen molar-refractivity contribution in [3.05, 3.63) is 124 Å². The number of hydrogen-bond acceptors (Lipinski definition) is 6. The van der Waals surface area contributed by atoms with Gasteiger partial charge < -0.3 is 19.7 Å². The molecule has 2 unspecified atom stereocenters. The molecule has 0 saturated carbocycles. The summed E-state index contributed by atoms with van der Waals surface area (Å²) in [5.74, 6) is -4.21. The zero-order valence-electron chi connectivity index (χ0n) is 23.1. The van der Waals surface area contributed by atoms with Gasteiger partial charge in [0.25, 0.3) is 5.91 Å². The standard InChI is InChI=1S/C33H26ClNO8/c1-33(25-9-5-3-7-22(25)32(41)43-28-10-6-4-8-23(28)31(39)40)26(18-29(36)37)24-17-21(42-2)15-16-27(24)35(33)30(38)19-11-13-20(34)14-12-19/h3-17,26H,18H2,1-2H3,(H,36,37)(H,39,40). The number of hydrogen-bond donors (Lipinski definition) is 2. The maximum Gasteiger partial charge on any atom is 0.343 e. The lowest BCUT2D eigenvalue weighted by molar-refractivity contribution is -0.137. The van der Waals surface area contributed by atoms with Gasteiger partial charge in [0.2, 0.25) is 0 Å². The van der Waals surface area contributed by atoms with E-state index in [0.717, 1.165) is 0 Å². The predicted molar refractivity (Wildman–Crippen MR) is 158 cm³/mol. The molecule has 1 amide bonds. The summed E-state index contributed by atoms with van der Waals surface area (Å²) in [4.78, 5) is 53.6. The molecule has 0 fully saturated rings. The second-order valence-corrected chi connectivity index (χ2v) is 10.5. The molecular formula is C33H26ClNO8. The number of aromatic carboxylic acids is 1.